The van der Waals surface area contributed by atoms with E-state index in [1.54, 1.807) is 13.0 Å². The minimum Gasteiger partial charge on any atom is -0.454 e. The molecule has 1 atom stereocenters. The maximum absolute atomic E-state index is 12.8. The van der Waals surface area contributed by atoms with Crippen LogP contribution in [-0.4, -0.2) is 47.6 Å². The number of carbonyl (C=O) groups excluding carboxylic acids is 4. The summed E-state index contributed by atoms with van der Waals surface area (Å²) in [6.45, 7) is 1.27. The average molecular weight is 438 g/mol. The van der Waals surface area contributed by atoms with Crippen LogP contribution in [0.4, 0.5) is 4.79 Å². The van der Waals surface area contributed by atoms with Crippen molar-refractivity contribution < 1.29 is 28.7 Å². The Hall–Kier alpha value is -4.08. The Kier molecular flexibility index (Phi) is 5.67. The molecule has 10 nitrogen and oxygen atoms in total. The van der Waals surface area contributed by atoms with Crippen molar-refractivity contribution in [1.82, 2.24) is 21.1 Å². The zero-order valence-corrected chi connectivity index (χ0v) is 17.3. The van der Waals surface area contributed by atoms with E-state index < -0.39 is 35.8 Å². The molecule has 0 spiro atoms. The lowest BCUT2D eigenvalue weighted by atomic mass is 9.93. The van der Waals surface area contributed by atoms with Crippen LogP contribution in [0.2, 0.25) is 0 Å². The molecule has 10 heteroatoms. The van der Waals surface area contributed by atoms with Gasteiger partial charge in [-0.15, -0.1) is 0 Å². The van der Waals surface area contributed by atoms with Gasteiger partial charge in [0.15, 0.2) is 11.5 Å². The van der Waals surface area contributed by atoms with Crippen molar-refractivity contribution in [3.63, 3.8) is 0 Å². The van der Waals surface area contributed by atoms with Gasteiger partial charge in [0.05, 0.1) is 6.54 Å². The predicted molar refractivity (Wildman–Crippen MR) is 112 cm³/mol. The van der Waals surface area contributed by atoms with Gasteiger partial charge in [-0.1, -0.05) is 30.3 Å². The number of benzene rings is 2. The molecular formula is C22H22N4O6. The van der Waals surface area contributed by atoms with Gasteiger partial charge in [-0.2, -0.15) is 5.01 Å². The summed E-state index contributed by atoms with van der Waals surface area (Å²) >= 11 is 0. The van der Waals surface area contributed by atoms with Gasteiger partial charge in [0.2, 0.25) is 6.79 Å². The second-order valence-electron chi connectivity index (χ2n) is 7.67. The molecule has 2 aromatic rings. The van der Waals surface area contributed by atoms with Crippen LogP contribution >= 0.6 is 0 Å². The molecule has 0 unspecified atom stereocenters. The average Bonchev–Trinajstić information content (AvgIpc) is 3.35. The van der Waals surface area contributed by atoms with Crippen LogP contribution in [-0.2, 0) is 16.0 Å². The Balaban J connectivity index is 1.30. The number of nitrogens with one attached hydrogen (secondary N) is 3. The monoisotopic (exact) mass is 438 g/mol. The van der Waals surface area contributed by atoms with E-state index in [0.717, 1.165) is 5.56 Å². The van der Waals surface area contributed by atoms with E-state index >= 15 is 0 Å². The van der Waals surface area contributed by atoms with Gasteiger partial charge in [0.1, 0.15) is 5.54 Å². The molecule has 4 rings (SSSR count). The van der Waals surface area contributed by atoms with E-state index in [1.807, 2.05) is 30.3 Å². The quantitative estimate of drug-likeness (QED) is 0.556. The summed E-state index contributed by atoms with van der Waals surface area (Å²) in [6, 6.07) is 13.5. The molecule has 0 aromatic heterocycles. The maximum atomic E-state index is 12.8. The number of hydrazine groups is 1. The first-order chi connectivity index (χ1) is 15.4. The summed E-state index contributed by atoms with van der Waals surface area (Å²) in [5.74, 6) is -0.809. The smallest absolute Gasteiger partial charge is 0.344 e. The fourth-order valence-electron chi connectivity index (χ4n) is 3.46. The summed E-state index contributed by atoms with van der Waals surface area (Å²) in [6.07, 6.45) is 0.950. The fraction of sp³-hybridized carbons (Fsp3) is 0.273. The zero-order chi connectivity index (χ0) is 22.7. The molecule has 1 saturated heterocycles. The first-order valence-corrected chi connectivity index (χ1v) is 10.0. The molecule has 0 radical (unpaired) electrons. The number of urea groups is 1. The normalized spacial score (nSPS) is 19.0. The van der Waals surface area contributed by atoms with Gasteiger partial charge in [-0.25, -0.2) is 4.79 Å². The number of carbonyl (C=O) groups is 4. The molecule has 1 fully saturated rings. The summed E-state index contributed by atoms with van der Waals surface area (Å²) in [5, 5.41) is 5.73. The van der Waals surface area contributed by atoms with E-state index in [4.69, 9.17) is 9.47 Å². The number of hydrogen-bond acceptors (Lipinski definition) is 6. The third-order valence-electron chi connectivity index (χ3n) is 5.30. The van der Waals surface area contributed by atoms with Crippen molar-refractivity contribution in [2.24, 2.45) is 0 Å². The largest absolute Gasteiger partial charge is 0.454 e. The Bertz CT molecular complexity index is 1070. The lowest BCUT2D eigenvalue weighted by Gasteiger charge is -2.21. The molecular weight excluding hydrogens is 416 g/mol. The second-order valence-corrected chi connectivity index (χ2v) is 7.67. The highest BCUT2D eigenvalue weighted by molar-refractivity contribution is 6.08. The Morgan fingerprint density at radius 3 is 2.62 bits per heavy atom. The fourth-order valence-corrected chi connectivity index (χ4v) is 3.46. The van der Waals surface area contributed by atoms with Crippen molar-refractivity contribution in [3.8, 4) is 11.5 Å². The second kappa shape index (κ2) is 8.58. The third kappa shape index (κ3) is 4.34. The lowest BCUT2D eigenvalue weighted by molar-refractivity contribution is -0.138. The first kappa shape index (κ1) is 21.2. The van der Waals surface area contributed by atoms with Crippen molar-refractivity contribution in [3.05, 3.63) is 59.7 Å². The van der Waals surface area contributed by atoms with Crippen LogP contribution in [0.3, 0.4) is 0 Å². The summed E-state index contributed by atoms with van der Waals surface area (Å²) in [5.41, 5.74) is 2.43. The molecule has 32 heavy (non-hydrogen) atoms. The van der Waals surface area contributed by atoms with Gasteiger partial charge in [-0.3, -0.25) is 19.8 Å². The van der Waals surface area contributed by atoms with E-state index in [0.29, 0.717) is 29.3 Å². The van der Waals surface area contributed by atoms with Gasteiger partial charge in [0.25, 0.3) is 17.7 Å². The Morgan fingerprint density at radius 2 is 1.84 bits per heavy atom. The molecule has 2 aliphatic heterocycles. The SMILES string of the molecule is C[C@]1(CCc2ccccc2)NC(=O)N(NC(=O)CNC(=O)c2ccc3c(c2)OCO3)C1=O. The number of hydrogen-bond donors (Lipinski definition) is 3. The van der Waals surface area contributed by atoms with Crippen molar-refractivity contribution in [1.29, 1.82) is 0 Å². The topological polar surface area (TPSA) is 126 Å². The zero-order valence-electron chi connectivity index (χ0n) is 17.3. The van der Waals surface area contributed by atoms with E-state index in [2.05, 4.69) is 16.1 Å². The molecule has 5 amide bonds. The molecule has 2 aromatic carbocycles. The number of nitrogens with zero attached hydrogens (tertiary/aromatic N) is 1. The van der Waals surface area contributed by atoms with Crippen LogP contribution in [0.15, 0.2) is 48.5 Å². The van der Waals surface area contributed by atoms with E-state index in [9.17, 15) is 19.2 Å². The number of rotatable bonds is 7. The van der Waals surface area contributed by atoms with Gasteiger partial charge in [0, 0.05) is 5.56 Å². The molecule has 0 bridgehead atoms. The molecule has 0 aliphatic carbocycles. The van der Waals surface area contributed by atoms with E-state index in [1.165, 1.54) is 12.1 Å². The maximum Gasteiger partial charge on any atom is 0.344 e. The van der Waals surface area contributed by atoms with Crippen molar-refractivity contribution in [2.45, 2.75) is 25.3 Å². The number of amides is 5. The standard InChI is InChI=1S/C22H22N4O6/c1-22(10-9-14-5-3-2-4-6-14)20(29)26(21(30)24-22)25-18(27)12-23-19(28)15-7-8-16-17(11-15)32-13-31-16/h2-8,11H,9-10,12-13H2,1H3,(H,23,28)(H,24,30)(H,25,27)/t22-/m1/s1. The molecule has 2 aliphatic rings. The third-order valence-corrected chi connectivity index (χ3v) is 5.30. The number of ether oxygens (including phenoxy) is 2. The lowest BCUT2D eigenvalue weighted by Crippen LogP contribution is -2.51. The van der Waals surface area contributed by atoms with Crippen LogP contribution in [0.5, 0.6) is 11.5 Å². The number of imide groups is 1. The Labute approximate surface area is 183 Å². The molecule has 0 saturated carbocycles. The minimum atomic E-state index is -1.14. The highest BCUT2D eigenvalue weighted by atomic mass is 16.7. The highest BCUT2D eigenvalue weighted by Crippen LogP contribution is 2.32. The van der Waals surface area contributed by atoms with Gasteiger partial charge >= 0.3 is 6.03 Å². The summed E-state index contributed by atoms with van der Waals surface area (Å²) < 4.78 is 10.4. The van der Waals surface area contributed by atoms with Crippen LogP contribution in [0.25, 0.3) is 0 Å². The van der Waals surface area contributed by atoms with Crippen LogP contribution < -0.4 is 25.5 Å². The van der Waals surface area contributed by atoms with Gasteiger partial charge in [-0.05, 0) is 43.5 Å². The molecule has 166 valence electrons. The van der Waals surface area contributed by atoms with E-state index in [-0.39, 0.29) is 12.4 Å². The Morgan fingerprint density at radius 1 is 1.09 bits per heavy atom. The molecule has 2 heterocycles. The molecule has 3 N–H and O–H groups in total. The van der Waals surface area contributed by atoms with Crippen LogP contribution in [0, 0.1) is 0 Å². The van der Waals surface area contributed by atoms with Crippen LogP contribution in [0.1, 0.15) is 29.3 Å². The minimum absolute atomic E-state index is 0.0823. The van der Waals surface area contributed by atoms with Gasteiger partial charge < -0.3 is 20.1 Å². The number of fused-ring (bicyclic) bond motifs is 1. The van der Waals surface area contributed by atoms with Crippen molar-refractivity contribution in [2.75, 3.05) is 13.3 Å². The summed E-state index contributed by atoms with van der Waals surface area (Å²) in [7, 11) is 0. The first-order valence-electron chi connectivity index (χ1n) is 10.0. The highest BCUT2D eigenvalue weighted by Gasteiger charge is 2.48. The predicted octanol–water partition coefficient (Wildman–Crippen LogP) is 1.12. The number of aryl methyl sites for hydroxylation is 1. The van der Waals surface area contributed by atoms with Crippen molar-refractivity contribution >= 4 is 23.8 Å². The summed E-state index contributed by atoms with van der Waals surface area (Å²) in [4.78, 5) is 49.6.